The summed E-state index contributed by atoms with van der Waals surface area (Å²) >= 11 is 14.9. The number of hydrogen-bond donors (Lipinski definition) is 0. The van der Waals surface area contributed by atoms with Gasteiger partial charge in [0.15, 0.2) is 5.38 Å². The number of rotatable bonds is 5. The molecular formula is C13H11BrCl2O4. The lowest BCUT2D eigenvalue weighted by molar-refractivity contribution is -0.141. The van der Waals surface area contributed by atoms with Crippen LogP contribution in [0.2, 0.25) is 5.02 Å². The maximum absolute atomic E-state index is 11.7. The molecule has 0 aliphatic rings. The van der Waals surface area contributed by atoms with E-state index < -0.39 is 17.3 Å². The summed E-state index contributed by atoms with van der Waals surface area (Å²) in [7, 11) is 0. The third kappa shape index (κ3) is 5.15. The van der Waals surface area contributed by atoms with E-state index in [1.165, 1.54) is 13.0 Å². The second-order valence-corrected chi connectivity index (χ2v) is 5.69. The molecule has 0 aliphatic heterocycles. The molecule has 0 aliphatic carbocycles. The Labute approximate surface area is 134 Å². The number of ether oxygens (including phenoxy) is 2. The van der Waals surface area contributed by atoms with Crippen LogP contribution in [0.5, 0.6) is 5.75 Å². The highest BCUT2D eigenvalue weighted by molar-refractivity contribution is 9.10. The van der Waals surface area contributed by atoms with E-state index in [4.69, 9.17) is 32.7 Å². The molecule has 7 heteroatoms. The fourth-order valence-electron chi connectivity index (χ4n) is 1.07. The smallest absolute Gasteiger partial charge is 0.333 e. The van der Waals surface area contributed by atoms with Crippen LogP contribution in [0.25, 0.3) is 0 Å². The molecule has 0 aromatic heterocycles. The van der Waals surface area contributed by atoms with Gasteiger partial charge >= 0.3 is 11.9 Å². The molecule has 0 fully saturated rings. The molecule has 108 valence electrons. The van der Waals surface area contributed by atoms with Crippen molar-refractivity contribution in [3.05, 3.63) is 39.8 Å². The van der Waals surface area contributed by atoms with Crippen LogP contribution in [0, 0.1) is 0 Å². The number of benzene rings is 1. The van der Waals surface area contributed by atoms with Crippen LogP contribution >= 0.6 is 39.1 Å². The minimum Gasteiger partial charge on any atom is -0.460 e. The average molecular weight is 382 g/mol. The molecule has 0 spiro atoms. The Hall–Kier alpha value is -1.04. The third-order valence-corrected chi connectivity index (χ3v) is 3.16. The number of carbonyl (C=O) groups is 2. The summed E-state index contributed by atoms with van der Waals surface area (Å²) in [6.07, 6.45) is 0. The number of esters is 2. The average Bonchev–Trinajstić information content (AvgIpc) is 2.38. The minimum atomic E-state index is -1.13. The molecule has 0 bridgehead atoms. The lowest BCUT2D eigenvalue weighted by atomic mass is 10.3. The van der Waals surface area contributed by atoms with E-state index in [0.29, 0.717) is 0 Å². The zero-order valence-corrected chi connectivity index (χ0v) is 13.6. The third-order valence-electron chi connectivity index (χ3n) is 2.07. The summed E-state index contributed by atoms with van der Waals surface area (Å²) in [4.78, 5) is 22.9. The SMILES string of the molecule is C=C(C)C(=O)OCC(Cl)C(=O)Oc1ccc(Br)cc1Cl. The van der Waals surface area contributed by atoms with Crippen molar-refractivity contribution in [1.82, 2.24) is 0 Å². The molecule has 0 N–H and O–H groups in total. The highest BCUT2D eigenvalue weighted by Crippen LogP contribution is 2.28. The van der Waals surface area contributed by atoms with Crippen molar-refractivity contribution in [3.8, 4) is 5.75 Å². The fraction of sp³-hybridized carbons (Fsp3) is 0.231. The Balaban J connectivity index is 2.57. The van der Waals surface area contributed by atoms with E-state index in [1.54, 1.807) is 12.1 Å². The van der Waals surface area contributed by atoms with Crippen LogP contribution in [0.4, 0.5) is 0 Å². The number of hydrogen-bond acceptors (Lipinski definition) is 4. The summed E-state index contributed by atoms with van der Waals surface area (Å²) in [5, 5.41) is -0.867. The molecule has 0 saturated carbocycles. The van der Waals surface area contributed by atoms with Gasteiger partial charge < -0.3 is 9.47 Å². The molecule has 0 radical (unpaired) electrons. The lowest BCUT2D eigenvalue weighted by Gasteiger charge is -2.11. The van der Waals surface area contributed by atoms with Crippen LogP contribution in [0.3, 0.4) is 0 Å². The van der Waals surface area contributed by atoms with Gasteiger partial charge in [-0.25, -0.2) is 9.59 Å². The van der Waals surface area contributed by atoms with E-state index in [1.807, 2.05) is 0 Å². The fourth-order valence-corrected chi connectivity index (χ4v) is 1.89. The van der Waals surface area contributed by atoms with Gasteiger partial charge in [-0.05, 0) is 25.1 Å². The van der Waals surface area contributed by atoms with Crippen molar-refractivity contribution in [2.45, 2.75) is 12.3 Å². The number of carbonyl (C=O) groups excluding carboxylic acids is 2. The van der Waals surface area contributed by atoms with Gasteiger partial charge in [-0.2, -0.15) is 0 Å². The van der Waals surface area contributed by atoms with Gasteiger partial charge in [0.1, 0.15) is 12.4 Å². The van der Waals surface area contributed by atoms with Gasteiger partial charge in [0, 0.05) is 10.0 Å². The first-order valence-electron chi connectivity index (χ1n) is 5.44. The summed E-state index contributed by atoms with van der Waals surface area (Å²) in [5.41, 5.74) is 0.221. The molecule has 1 aromatic carbocycles. The van der Waals surface area contributed by atoms with E-state index in [9.17, 15) is 9.59 Å². The Morgan fingerprint density at radius 3 is 2.65 bits per heavy atom. The summed E-state index contributed by atoms with van der Waals surface area (Å²) in [5.74, 6) is -1.20. The van der Waals surface area contributed by atoms with Crippen LogP contribution in [0.1, 0.15) is 6.92 Å². The highest BCUT2D eigenvalue weighted by atomic mass is 79.9. The zero-order chi connectivity index (χ0) is 15.3. The van der Waals surface area contributed by atoms with Gasteiger partial charge in [-0.15, -0.1) is 11.6 Å². The molecule has 0 amide bonds. The van der Waals surface area contributed by atoms with Crippen molar-refractivity contribution in [2.75, 3.05) is 6.61 Å². The van der Waals surface area contributed by atoms with Gasteiger partial charge in [0.25, 0.3) is 0 Å². The van der Waals surface area contributed by atoms with Crippen molar-refractivity contribution >= 4 is 51.1 Å². The lowest BCUT2D eigenvalue weighted by Crippen LogP contribution is -2.27. The predicted molar refractivity (Wildman–Crippen MR) is 80.2 cm³/mol. The summed E-state index contributed by atoms with van der Waals surface area (Å²) < 4.78 is 10.5. The Morgan fingerprint density at radius 1 is 1.45 bits per heavy atom. The molecule has 1 unspecified atom stereocenters. The molecule has 0 saturated heterocycles. The number of alkyl halides is 1. The Morgan fingerprint density at radius 2 is 2.10 bits per heavy atom. The van der Waals surface area contributed by atoms with Gasteiger partial charge in [-0.1, -0.05) is 34.1 Å². The van der Waals surface area contributed by atoms with E-state index in [2.05, 4.69) is 22.5 Å². The maximum Gasteiger partial charge on any atom is 0.333 e. The first-order valence-corrected chi connectivity index (χ1v) is 7.05. The number of halogens is 3. The second-order valence-electron chi connectivity index (χ2n) is 3.84. The molecular weight excluding hydrogens is 371 g/mol. The van der Waals surface area contributed by atoms with Gasteiger partial charge in [-0.3, -0.25) is 0 Å². The summed E-state index contributed by atoms with van der Waals surface area (Å²) in [6, 6.07) is 4.77. The van der Waals surface area contributed by atoms with Crippen molar-refractivity contribution in [2.24, 2.45) is 0 Å². The zero-order valence-electron chi connectivity index (χ0n) is 10.5. The van der Waals surface area contributed by atoms with Gasteiger partial charge in [0.2, 0.25) is 0 Å². The molecule has 20 heavy (non-hydrogen) atoms. The molecule has 1 aromatic rings. The molecule has 0 heterocycles. The predicted octanol–water partition coefficient (Wildman–Crippen LogP) is 3.73. The first kappa shape index (κ1) is 17.0. The van der Waals surface area contributed by atoms with E-state index >= 15 is 0 Å². The first-order chi connectivity index (χ1) is 9.31. The largest absolute Gasteiger partial charge is 0.460 e. The second kappa shape index (κ2) is 7.67. The van der Waals surface area contributed by atoms with Crippen molar-refractivity contribution in [3.63, 3.8) is 0 Å². The van der Waals surface area contributed by atoms with Crippen LogP contribution in [-0.4, -0.2) is 23.9 Å². The molecule has 1 rings (SSSR count). The minimum absolute atomic E-state index is 0.178. The Kier molecular flexibility index (Phi) is 6.52. The van der Waals surface area contributed by atoms with E-state index in [-0.39, 0.29) is 23.0 Å². The van der Waals surface area contributed by atoms with Crippen molar-refractivity contribution in [1.29, 1.82) is 0 Å². The van der Waals surface area contributed by atoms with E-state index in [0.717, 1.165) is 4.47 Å². The summed E-state index contributed by atoms with van der Waals surface area (Å²) in [6.45, 7) is 4.60. The van der Waals surface area contributed by atoms with Crippen LogP contribution < -0.4 is 4.74 Å². The standard InChI is InChI=1S/C13H11BrCl2O4/c1-7(2)12(17)19-6-10(16)13(18)20-11-4-3-8(14)5-9(11)15/h3-5,10H,1,6H2,2H3. The van der Waals surface area contributed by atoms with Crippen LogP contribution in [-0.2, 0) is 14.3 Å². The monoisotopic (exact) mass is 380 g/mol. The van der Waals surface area contributed by atoms with Crippen LogP contribution in [0.15, 0.2) is 34.8 Å². The maximum atomic E-state index is 11.7. The van der Waals surface area contributed by atoms with Crippen molar-refractivity contribution < 1.29 is 19.1 Å². The topological polar surface area (TPSA) is 52.6 Å². The molecule has 4 nitrogen and oxygen atoms in total. The molecule has 1 atom stereocenters. The normalized spacial score (nSPS) is 11.6. The van der Waals surface area contributed by atoms with Gasteiger partial charge in [0.05, 0.1) is 5.02 Å². The highest BCUT2D eigenvalue weighted by Gasteiger charge is 2.21. The quantitative estimate of drug-likeness (QED) is 0.337. The Bertz CT molecular complexity index is 545.